The van der Waals surface area contributed by atoms with Crippen LogP contribution in [0.4, 0.5) is 0 Å². The average Bonchev–Trinajstić information content (AvgIpc) is 2.84. The van der Waals surface area contributed by atoms with Crippen LogP contribution in [0.1, 0.15) is 33.4 Å². The van der Waals surface area contributed by atoms with Crippen molar-refractivity contribution in [2.24, 2.45) is 5.41 Å². The average molecular weight is 258 g/mol. The van der Waals surface area contributed by atoms with Gasteiger partial charge in [-0.15, -0.1) is 0 Å². The summed E-state index contributed by atoms with van der Waals surface area (Å²) in [5, 5.41) is 12.3. The maximum atomic E-state index is 4.48. The molecule has 4 heteroatoms. The summed E-state index contributed by atoms with van der Waals surface area (Å²) in [6.45, 7) is 9.62. The van der Waals surface area contributed by atoms with Gasteiger partial charge in [0.1, 0.15) is 0 Å². The second-order valence-electron chi connectivity index (χ2n) is 5.93. The van der Waals surface area contributed by atoms with Gasteiger partial charge in [0, 0.05) is 12.6 Å². The lowest BCUT2D eigenvalue weighted by molar-refractivity contribution is 0.284. The van der Waals surface area contributed by atoms with Crippen molar-refractivity contribution in [1.29, 1.82) is 0 Å². The number of nitrogens with one attached hydrogen (secondary N) is 1. The fraction of sp³-hybridized carbons (Fsp3) is 0.467. The van der Waals surface area contributed by atoms with E-state index in [1.54, 1.807) is 4.80 Å². The van der Waals surface area contributed by atoms with Crippen molar-refractivity contribution in [2.75, 3.05) is 0 Å². The van der Waals surface area contributed by atoms with Gasteiger partial charge in [-0.25, -0.2) is 0 Å². The summed E-state index contributed by atoms with van der Waals surface area (Å²) in [4.78, 5) is 1.67. The van der Waals surface area contributed by atoms with Crippen LogP contribution in [0.2, 0.25) is 0 Å². The Labute approximate surface area is 114 Å². The van der Waals surface area contributed by atoms with Gasteiger partial charge in [-0.2, -0.15) is 15.0 Å². The van der Waals surface area contributed by atoms with Gasteiger partial charge in [0.05, 0.1) is 17.6 Å². The first-order valence-electron chi connectivity index (χ1n) is 6.67. The van der Waals surface area contributed by atoms with Crippen molar-refractivity contribution in [3.8, 4) is 5.69 Å². The topological polar surface area (TPSA) is 42.7 Å². The smallest absolute Gasteiger partial charge is 0.0969 e. The molecule has 1 unspecified atom stereocenters. The van der Waals surface area contributed by atoms with Crippen LogP contribution in [-0.4, -0.2) is 21.0 Å². The highest BCUT2D eigenvalue weighted by molar-refractivity contribution is 5.28. The summed E-state index contributed by atoms with van der Waals surface area (Å²) >= 11 is 0. The number of nitrogens with zero attached hydrogens (tertiary/aromatic N) is 3. The van der Waals surface area contributed by atoms with E-state index in [4.69, 9.17) is 0 Å². The van der Waals surface area contributed by atoms with Gasteiger partial charge < -0.3 is 5.32 Å². The molecule has 0 saturated carbocycles. The molecule has 0 fully saturated rings. The lowest BCUT2D eigenvalue weighted by atomic mass is 9.88. The van der Waals surface area contributed by atoms with Crippen LogP contribution in [0.25, 0.3) is 5.69 Å². The predicted molar refractivity (Wildman–Crippen MR) is 77.1 cm³/mol. The van der Waals surface area contributed by atoms with E-state index in [9.17, 15) is 0 Å². The van der Waals surface area contributed by atoms with E-state index in [2.05, 4.69) is 43.2 Å². The molecule has 0 aliphatic rings. The standard InChI is InChI=1S/C15H22N4/c1-12(15(2,3)4)16-10-13-11-17-19(18-13)14-8-6-5-7-9-14/h5-9,11-12,16H,10H2,1-4H3. The Morgan fingerprint density at radius 3 is 2.53 bits per heavy atom. The molecule has 1 aromatic carbocycles. The van der Waals surface area contributed by atoms with Crippen molar-refractivity contribution in [2.45, 2.75) is 40.3 Å². The molecule has 0 bridgehead atoms. The zero-order chi connectivity index (χ0) is 13.9. The van der Waals surface area contributed by atoms with Gasteiger partial charge in [0.2, 0.25) is 0 Å². The first kappa shape index (κ1) is 13.7. The molecule has 0 aliphatic carbocycles. The third kappa shape index (κ3) is 3.64. The highest BCUT2D eigenvalue weighted by Gasteiger charge is 2.19. The van der Waals surface area contributed by atoms with E-state index >= 15 is 0 Å². The van der Waals surface area contributed by atoms with Gasteiger partial charge in [-0.3, -0.25) is 0 Å². The normalized spacial score (nSPS) is 13.5. The number of rotatable bonds is 4. The van der Waals surface area contributed by atoms with Crippen LogP contribution in [0.5, 0.6) is 0 Å². The van der Waals surface area contributed by atoms with Gasteiger partial charge in [0.15, 0.2) is 0 Å². The van der Waals surface area contributed by atoms with Gasteiger partial charge in [0.25, 0.3) is 0 Å². The molecular weight excluding hydrogens is 236 g/mol. The molecule has 19 heavy (non-hydrogen) atoms. The second kappa shape index (κ2) is 5.53. The SMILES string of the molecule is CC(NCc1cnn(-c2ccccc2)n1)C(C)(C)C. The lowest BCUT2D eigenvalue weighted by Crippen LogP contribution is -2.37. The van der Waals surface area contributed by atoms with Crippen LogP contribution < -0.4 is 5.32 Å². The highest BCUT2D eigenvalue weighted by Crippen LogP contribution is 2.18. The summed E-state index contributed by atoms with van der Waals surface area (Å²) in [6, 6.07) is 10.4. The maximum absolute atomic E-state index is 4.48. The van der Waals surface area contributed by atoms with Crippen molar-refractivity contribution < 1.29 is 0 Å². The molecule has 1 heterocycles. The molecule has 0 radical (unpaired) electrons. The molecule has 0 aliphatic heterocycles. The largest absolute Gasteiger partial charge is 0.308 e. The Kier molecular flexibility index (Phi) is 4.00. The quantitative estimate of drug-likeness (QED) is 0.917. The highest BCUT2D eigenvalue weighted by atomic mass is 15.5. The number of hydrogen-bond donors (Lipinski definition) is 1. The number of aromatic nitrogens is 3. The van der Waals surface area contributed by atoms with Gasteiger partial charge in [-0.05, 0) is 24.5 Å². The summed E-state index contributed by atoms with van der Waals surface area (Å²) in [5.74, 6) is 0. The number of benzene rings is 1. The summed E-state index contributed by atoms with van der Waals surface area (Å²) < 4.78 is 0. The molecule has 0 amide bonds. The van der Waals surface area contributed by atoms with Crippen LogP contribution in [0.15, 0.2) is 36.5 Å². The molecule has 1 atom stereocenters. The molecule has 2 aromatic rings. The lowest BCUT2D eigenvalue weighted by Gasteiger charge is -2.27. The minimum atomic E-state index is 0.245. The zero-order valence-electron chi connectivity index (χ0n) is 12.1. The molecule has 2 rings (SSSR count). The fourth-order valence-electron chi connectivity index (χ4n) is 1.63. The summed E-state index contributed by atoms with van der Waals surface area (Å²) in [5.41, 5.74) is 2.19. The molecule has 1 N–H and O–H groups in total. The zero-order valence-corrected chi connectivity index (χ0v) is 12.1. The Balaban J connectivity index is 1.99. The number of para-hydroxylation sites is 1. The Bertz CT molecular complexity index is 510. The van der Waals surface area contributed by atoms with Gasteiger partial charge in [-0.1, -0.05) is 39.0 Å². The van der Waals surface area contributed by atoms with E-state index in [1.165, 1.54) is 0 Å². The minimum absolute atomic E-state index is 0.245. The first-order chi connectivity index (χ1) is 8.97. The molecule has 1 aromatic heterocycles. The van der Waals surface area contributed by atoms with E-state index in [0.717, 1.165) is 17.9 Å². The van der Waals surface area contributed by atoms with Crippen molar-refractivity contribution >= 4 is 0 Å². The Morgan fingerprint density at radius 2 is 1.89 bits per heavy atom. The van der Waals surface area contributed by atoms with Crippen molar-refractivity contribution in [3.05, 3.63) is 42.2 Å². The van der Waals surface area contributed by atoms with E-state index < -0.39 is 0 Å². The molecule has 102 valence electrons. The van der Waals surface area contributed by atoms with Crippen molar-refractivity contribution in [1.82, 2.24) is 20.3 Å². The monoisotopic (exact) mass is 258 g/mol. The van der Waals surface area contributed by atoms with E-state index in [0.29, 0.717) is 6.04 Å². The second-order valence-corrected chi connectivity index (χ2v) is 5.93. The third-order valence-corrected chi connectivity index (χ3v) is 3.41. The van der Waals surface area contributed by atoms with Crippen molar-refractivity contribution in [3.63, 3.8) is 0 Å². The van der Waals surface area contributed by atoms with Crippen LogP contribution in [-0.2, 0) is 6.54 Å². The Morgan fingerprint density at radius 1 is 1.21 bits per heavy atom. The summed E-state index contributed by atoms with van der Waals surface area (Å²) in [6.07, 6.45) is 1.81. The molecular formula is C15H22N4. The summed E-state index contributed by atoms with van der Waals surface area (Å²) in [7, 11) is 0. The van der Waals surface area contributed by atoms with E-state index in [1.807, 2.05) is 36.5 Å². The minimum Gasteiger partial charge on any atom is -0.308 e. The van der Waals surface area contributed by atoms with Crippen LogP contribution in [0.3, 0.4) is 0 Å². The first-order valence-corrected chi connectivity index (χ1v) is 6.67. The molecule has 4 nitrogen and oxygen atoms in total. The number of hydrogen-bond acceptors (Lipinski definition) is 3. The fourth-order valence-corrected chi connectivity index (χ4v) is 1.63. The maximum Gasteiger partial charge on any atom is 0.0969 e. The molecule has 0 saturated heterocycles. The van der Waals surface area contributed by atoms with E-state index in [-0.39, 0.29) is 5.41 Å². The molecule has 0 spiro atoms. The van der Waals surface area contributed by atoms with Gasteiger partial charge >= 0.3 is 0 Å². The predicted octanol–water partition coefficient (Wildman–Crippen LogP) is 2.79. The third-order valence-electron chi connectivity index (χ3n) is 3.41. The van der Waals surface area contributed by atoms with Crippen LogP contribution in [0, 0.1) is 5.41 Å². The van der Waals surface area contributed by atoms with Crippen LogP contribution >= 0.6 is 0 Å². The Hall–Kier alpha value is -1.68.